The number of carbonyl (C=O) groups is 3. The van der Waals surface area contributed by atoms with Crippen LogP contribution in [0, 0.1) is 17.8 Å². The second-order valence-electron chi connectivity index (χ2n) is 9.72. The molecule has 0 aromatic heterocycles. The lowest BCUT2D eigenvalue weighted by atomic mass is 9.53. The molecular weight excluding hydrogens is 437 g/mol. The molecule has 0 spiro atoms. The van der Waals surface area contributed by atoms with E-state index in [-0.39, 0.29) is 35.8 Å². The number of hydrogen-bond donors (Lipinski definition) is 4. The maximum Gasteiger partial charge on any atom is 0.405 e. The first-order valence-electron chi connectivity index (χ1n) is 11.4. The topological polar surface area (TPSA) is 99.3 Å². The first-order valence-corrected chi connectivity index (χ1v) is 11.4. The van der Waals surface area contributed by atoms with E-state index in [1.165, 1.54) is 37.5 Å². The van der Waals surface area contributed by atoms with Gasteiger partial charge in [0.05, 0.1) is 11.3 Å². The quantitative estimate of drug-likeness (QED) is 0.494. The van der Waals surface area contributed by atoms with Gasteiger partial charge in [-0.2, -0.15) is 13.2 Å². The molecule has 180 valence electrons. The van der Waals surface area contributed by atoms with Crippen LogP contribution >= 0.6 is 0 Å². The molecule has 10 heteroatoms. The van der Waals surface area contributed by atoms with Crippen molar-refractivity contribution in [1.82, 2.24) is 16.0 Å². The van der Waals surface area contributed by atoms with Gasteiger partial charge in [-0.25, -0.2) is 4.79 Å². The molecule has 0 aliphatic heterocycles. The summed E-state index contributed by atoms with van der Waals surface area (Å²) in [5.74, 6) is 0.722. The average molecular weight is 467 g/mol. The minimum absolute atomic E-state index is 0.0349. The van der Waals surface area contributed by atoms with E-state index < -0.39 is 24.5 Å². The Morgan fingerprint density at radius 2 is 1.55 bits per heavy atom. The molecule has 0 atom stereocenters. The molecule has 0 saturated heterocycles. The van der Waals surface area contributed by atoms with Crippen molar-refractivity contribution < 1.29 is 27.6 Å². The number of urea groups is 1. The Labute approximate surface area is 190 Å². The maximum absolute atomic E-state index is 12.5. The Balaban J connectivity index is 1.23. The molecule has 33 heavy (non-hydrogen) atoms. The van der Waals surface area contributed by atoms with E-state index in [2.05, 4.69) is 16.0 Å². The normalized spacial score (nSPS) is 27.7. The Kier molecular flexibility index (Phi) is 6.54. The molecule has 1 aromatic carbocycles. The van der Waals surface area contributed by atoms with Crippen LogP contribution in [0.1, 0.15) is 55.3 Å². The maximum atomic E-state index is 12.5. The van der Waals surface area contributed by atoms with E-state index >= 15 is 0 Å². The van der Waals surface area contributed by atoms with Crippen LogP contribution in [0.25, 0.3) is 0 Å². The van der Waals surface area contributed by atoms with Crippen LogP contribution in [0.2, 0.25) is 0 Å². The highest BCUT2D eigenvalue weighted by atomic mass is 19.4. The predicted octanol–water partition coefficient (Wildman–Crippen LogP) is 3.58. The molecule has 4 bridgehead atoms. The summed E-state index contributed by atoms with van der Waals surface area (Å²) in [6.07, 6.45) is 2.35. The summed E-state index contributed by atoms with van der Waals surface area (Å²) in [5, 5.41) is 10.2. The standard InChI is InChI=1S/C23H29F3N4O3/c24-23(25,26)13-28-20(32)17-3-1-2-4-18(17)29-19(31)5-6-27-21(33)30-22-10-14-7-15(11-22)9-16(8-14)12-22/h1-4,14-16H,5-13H2,(H,28,32)(H,29,31)(H2,27,30,33). The highest BCUT2D eigenvalue weighted by Gasteiger charge is 2.51. The van der Waals surface area contributed by atoms with Crippen molar-refractivity contribution in [3.8, 4) is 0 Å². The van der Waals surface area contributed by atoms with Gasteiger partial charge in [-0.05, 0) is 68.4 Å². The van der Waals surface area contributed by atoms with Gasteiger partial charge in [0.2, 0.25) is 5.91 Å². The van der Waals surface area contributed by atoms with Gasteiger partial charge in [-0.1, -0.05) is 12.1 Å². The number of benzene rings is 1. The van der Waals surface area contributed by atoms with Gasteiger partial charge in [-0.15, -0.1) is 0 Å². The number of nitrogens with one attached hydrogen (secondary N) is 4. The SMILES string of the molecule is O=C(CCNC(=O)NC12CC3CC(CC(C3)C1)C2)Nc1ccccc1C(=O)NCC(F)(F)F. The van der Waals surface area contributed by atoms with Crippen molar-refractivity contribution >= 4 is 23.5 Å². The van der Waals surface area contributed by atoms with Gasteiger partial charge in [0.15, 0.2) is 0 Å². The molecule has 4 fully saturated rings. The van der Waals surface area contributed by atoms with Gasteiger partial charge in [0.1, 0.15) is 6.54 Å². The molecule has 4 aliphatic carbocycles. The molecule has 5 rings (SSSR count). The van der Waals surface area contributed by atoms with Crippen LogP contribution in [0.4, 0.5) is 23.7 Å². The predicted molar refractivity (Wildman–Crippen MR) is 116 cm³/mol. The van der Waals surface area contributed by atoms with E-state index in [0.717, 1.165) is 19.3 Å². The number of anilines is 1. The largest absolute Gasteiger partial charge is 0.405 e. The molecule has 1 aromatic rings. The lowest BCUT2D eigenvalue weighted by Crippen LogP contribution is -2.61. The number of rotatable bonds is 7. The third kappa shape index (κ3) is 5.97. The number of alkyl halides is 3. The zero-order valence-electron chi connectivity index (χ0n) is 18.3. The summed E-state index contributed by atoms with van der Waals surface area (Å²) in [4.78, 5) is 36.8. The Morgan fingerprint density at radius 1 is 0.939 bits per heavy atom. The minimum atomic E-state index is -4.53. The highest BCUT2D eigenvalue weighted by molar-refractivity contribution is 6.03. The zero-order chi connectivity index (χ0) is 23.6. The molecule has 0 radical (unpaired) electrons. The van der Waals surface area contributed by atoms with Gasteiger partial charge < -0.3 is 21.3 Å². The van der Waals surface area contributed by atoms with Crippen molar-refractivity contribution in [2.24, 2.45) is 17.8 Å². The van der Waals surface area contributed by atoms with Crippen LogP contribution in [0.5, 0.6) is 0 Å². The number of carbonyl (C=O) groups excluding carboxylic acids is 3. The van der Waals surface area contributed by atoms with Gasteiger partial charge in [0, 0.05) is 18.5 Å². The molecule has 4 amide bonds. The monoisotopic (exact) mass is 466 g/mol. The van der Waals surface area contributed by atoms with E-state index in [0.29, 0.717) is 17.8 Å². The molecule has 0 unspecified atom stereocenters. The molecule has 0 heterocycles. The van der Waals surface area contributed by atoms with Crippen LogP contribution in [-0.4, -0.2) is 42.7 Å². The molecular formula is C23H29F3N4O3. The lowest BCUT2D eigenvalue weighted by molar-refractivity contribution is -0.123. The average Bonchev–Trinajstić information content (AvgIpc) is 2.70. The summed E-state index contributed by atoms with van der Waals surface area (Å²) in [7, 11) is 0. The highest BCUT2D eigenvalue weighted by Crippen LogP contribution is 2.55. The first-order chi connectivity index (χ1) is 15.6. The number of hydrogen-bond acceptors (Lipinski definition) is 3. The summed E-state index contributed by atoms with van der Waals surface area (Å²) < 4.78 is 37.1. The molecule has 7 nitrogen and oxygen atoms in total. The van der Waals surface area contributed by atoms with Crippen molar-refractivity contribution in [2.45, 2.75) is 56.7 Å². The van der Waals surface area contributed by atoms with Crippen LogP contribution in [0.15, 0.2) is 24.3 Å². The first kappa shape index (κ1) is 23.4. The lowest BCUT2D eigenvalue weighted by Gasteiger charge is -2.56. The fraction of sp³-hybridized carbons (Fsp3) is 0.609. The Bertz CT molecular complexity index is 883. The fourth-order valence-electron chi connectivity index (χ4n) is 6.12. The van der Waals surface area contributed by atoms with E-state index in [1.54, 1.807) is 11.4 Å². The third-order valence-corrected chi connectivity index (χ3v) is 6.95. The summed E-state index contributed by atoms with van der Waals surface area (Å²) in [5.41, 5.74) is -0.0770. The summed E-state index contributed by atoms with van der Waals surface area (Å²) in [6, 6.07) is 5.55. The Hall–Kier alpha value is -2.78. The molecule has 4 aliphatic rings. The van der Waals surface area contributed by atoms with E-state index in [4.69, 9.17) is 0 Å². The van der Waals surface area contributed by atoms with Crippen molar-refractivity contribution in [3.05, 3.63) is 29.8 Å². The van der Waals surface area contributed by atoms with Gasteiger partial charge >= 0.3 is 12.2 Å². The van der Waals surface area contributed by atoms with Crippen LogP contribution in [-0.2, 0) is 4.79 Å². The van der Waals surface area contributed by atoms with Crippen LogP contribution < -0.4 is 21.3 Å². The second-order valence-corrected chi connectivity index (χ2v) is 9.72. The zero-order valence-corrected chi connectivity index (χ0v) is 18.3. The van der Waals surface area contributed by atoms with Gasteiger partial charge in [-0.3, -0.25) is 9.59 Å². The van der Waals surface area contributed by atoms with Gasteiger partial charge in [0.25, 0.3) is 5.91 Å². The van der Waals surface area contributed by atoms with Crippen molar-refractivity contribution in [1.29, 1.82) is 0 Å². The number of amides is 4. The van der Waals surface area contributed by atoms with E-state index in [9.17, 15) is 27.6 Å². The van der Waals surface area contributed by atoms with E-state index in [1.807, 2.05) is 0 Å². The number of halogens is 3. The second kappa shape index (κ2) is 9.23. The Morgan fingerprint density at radius 3 is 2.15 bits per heavy atom. The minimum Gasteiger partial charge on any atom is -0.343 e. The summed E-state index contributed by atoms with van der Waals surface area (Å²) in [6.45, 7) is -1.36. The third-order valence-electron chi connectivity index (χ3n) is 6.95. The smallest absolute Gasteiger partial charge is 0.343 e. The summed E-state index contributed by atoms with van der Waals surface area (Å²) >= 11 is 0. The molecule has 4 saturated carbocycles. The van der Waals surface area contributed by atoms with Crippen molar-refractivity contribution in [3.63, 3.8) is 0 Å². The number of para-hydroxylation sites is 1. The molecule has 4 N–H and O–H groups in total. The van der Waals surface area contributed by atoms with Crippen LogP contribution in [0.3, 0.4) is 0 Å². The fourth-order valence-corrected chi connectivity index (χ4v) is 6.12. The van der Waals surface area contributed by atoms with Crippen molar-refractivity contribution in [2.75, 3.05) is 18.4 Å².